The van der Waals surface area contributed by atoms with Gasteiger partial charge in [0.05, 0.1) is 5.69 Å². The van der Waals surface area contributed by atoms with Crippen molar-refractivity contribution in [1.82, 2.24) is 4.90 Å². The second-order valence-electron chi connectivity index (χ2n) is 4.66. The first-order chi connectivity index (χ1) is 9.44. The fraction of sp³-hybridized carbons (Fsp3) is 0.538. The number of anilines is 1. The minimum absolute atomic E-state index is 0.215. The Labute approximate surface area is 124 Å². The third-order valence-electron chi connectivity index (χ3n) is 3.11. The minimum Gasteiger partial charge on any atom is -0.404 e. The molecule has 0 aliphatic carbocycles. The Morgan fingerprint density at radius 1 is 1.25 bits per heavy atom. The van der Waals surface area contributed by atoms with Crippen molar-refractivity contribution in [3.63, 3.8) is 0 Å². The zero-order valence-corrected chi connectivity index (χ0v) is 12.4. The van der Waals surface area contributed by atoms with Crippen molar-refractivity contribution in [2.24, 2.45) is 0 Å². The number of ether oxygens (including phenoxy) is 1. The molecule has 0 spiro atoms. The zero-order valence-electron chi connectivity index (χ0n) is 10.8. The van der Waals surface area contributed by atoms with Gasteiger partial charge in [-0.25, -0.2) is 0 Å². The highest BCUT2D eigenvalue weighted by molar-refractivity contribution is 9.10. The fourth-order valence-electron chi connectivity index (χ4n) is 2.21. The molecule has 1 N–H and O–H groups in total. The minimum atomic E-state index is -4.69. The van der Waals surface area contributed by atoms with E-state index in [-0.39, 0.29) is 5.75 Å². The van der Waals surface area contributed by atoms with E-state index in [4.69, 9.17) is 0 Å². The maximum Gasteiger partial charge on any atom is 0.573 e. The molecule has 0 unspecified atom stereocenters. The molecule has 1 saturated heterocycles. The van der Waals surface area contributed by atoms with Gasteiger partial charge >= 0.3 is 6.36 Å². The Bertz CT molecular complexity index is 448. The van der Waals surface area contributed by atoms with Crippen LogP contribution >= 0.6 is 15.9 Å². The number of halogens is 4. The molecule has 0 aromatic heterocycles. The molecule has 1 heterocycles. The van der Waals surface area contributed by atoms with E-state index in [1.807, 2.05) is 0 Å². The van der Waals surface area contributed by atoms with Gasteiger partial charge in [-0.2, -0.15) is 0 Å². The Hall–Kier alpha value is -0.950. The van der Waals surface area contributed by atoms with E-state index in [1.165, 1.54) is 18.9 Å². The number of likely N-dealkylation sites (tertiary alicyclic amines) is 1. The summed E-state index contributed by atoms with van der Waals surface area (Å²) in [5.74, 6) is -0.215. The highest BCUT2D eigenvalue weighted by Crippen LogP contribution is 2.32. The van der Waals surface area contributed by atoms with E-state index >= 15 is 0 Å². The van der Waals surface area contributed by atoms with Crippen LogP contribution in [-0.4, -0.2) is 37.4 Å². The normalized spacial score (nSPS) is 16.4. The number of alkyl halides is 3. The van der Waals surface area contributed by atoms with Crippen molar-refractivity contribution < 1.29 is 17.9 Å². The summed E-state index contributed by atoms with van der Waals surface area (Å²) in [5.41, 5.74) is 0.352. The first-order valence-corrected chi connectivity index (χ1v) is 7.25. The summed E-state index contributed by atoms with van der Waals surface area (Å²) in [6.07, 6.45) is -2.30. The van der Waals surface area contributed by atoms with Gasteiger partial charge in [0.25, 0.3) is 0 Å². The fourth-order valence-corrected chi connectivity index (χ4v) is 2.55. The van der Waals surface area contributed by atoms with Gasteiger partial charge in [-0.3, -0.25) is 0 Å². The standard InChI is InChI=1S/C13H16BrF3N2O/c14-10-3-4-11(12(9-10)20-13(15,16)17)18-5-8-19-6-1-2-7-19/h3-4,9,18H,1-2,5-8H2. The first kappa shape index (κ1) is 15.4. The Morgan fingerprint density at radius 2 is 1.95 bits per heavy atom. The maximum absolute atomic E-state index is 12.3. The van der Waals surface area contributed by atoms with Crippen molar-refractivity contribution >= 4 is 21.6 Å². The van der Waals surface area contributed by atoms with E-state index < -0.39 is 6.36 Å². The molecule has 2 rings (SSSR count). The Kier molecular flexibility index (Phi) is 5.15. The number of hydrogen-bond acceptors (Lipinski definition) is 3. The molecule has 3 nitrogen and oxygen atoms in total. The summed E-state index contributed by atoms with van der Waals surface area (Å²) < 4.78 is 41.6. The van der Waals surface area contributed by atoms with E-state index in [0.717, 1.165) is 19.6 Å². The lowest BCUT2D eigenvalue weighted by Gasteiger charge is -2.18. The lowest BCUT2D eigenvalue weighted by atomic mass is 10.3. The molecule has 7 heteroatoms. The lowest BCUT2D eigenvalue weighted by molar-refractivity contribution is -0.274. The number of rotatable bonds is 5. The van der Waals surface area contributed by atoms with E-state index in [2.05, 4.69) is 30.9 Å². The van der Waals surface area contributed by atoms with E-state index in [0.29, 0.717) is 16.7 Å². The molecule has 0 saturated carbocycles. The van der Waals surface area contributed by atoms with Crippen molar-refractivity contribution in [1.29, 1.82) is 0 Å². The second-order valence-corrected chi connectivity index (χ2v) is 5.58. The van der Waals surface area contributed by atoms with E-state index in [1.54, 1.807) is 12.1 Å². The van der Waals surface area contributed by atoms with Gasteiger partial charge in [0.15, 0.2) is 5.75 Å². The summed E-state index contributed by atoms with van der Waals surface area (Å²) in [4.78, 5) is 2.29. The van der Waals surface area contributed by atoms with Crippen molar-refractivity contribution in [3.05, 3.63) is 22.7 Å². The highest BCUT2D eigenvalue weighted by Gasteiger charge is 2.32. The van der Waals surface area contributed by atoms with Crippen molar-refractivity contribution in [2.75, 3.05) is 31.5 Å². The van der Waals surface area contributed by atoms with Crippen LogP contribution in [0.3, 0.4) is 0 Å². The zero-order chi connectivity index (χ0) is 14.6. The molecule has 20 heavy (non-hydrogen) atoms. The van der Waals surface area contributed by atoms with Gasteiger partial charge in [-0.05, 0) is 44.1 Å². The quantitative estimate of drug-likeness (QED) is 0.870. The number of hydrogen-bond donors (Lipinski definition) is 1. The molecule has 112 valence electrons. The van der Waals surface area contributed by atoms with Crippen LogP contribution in [0.25, 0.3) is 0 Å². The molecular formula is C13H16BrF3N2O. The SMILES string of the molecule is FC(F)(F)Oc1cc(Br)ccc1NCCN1CCCC1. The summed E-state index contributed by atoms with van der Waals surface area (Å²) in [6, 6.07) is 4.57. The molecule has 1 aromatic rings. The Morgan fingerprint density at radius 3 is 2.60 bits per heavy atom. The Balaban J connectivity index is 1.95. The summed E-state index contributed by atoms with van der Waals surface area (Å²) in [7, 11) is 0. The predicted octanol–water partition coefficient (Wildman–Crippen LogP) is 3.86. The maximum atomic E-state index is 12.3. The number of benzene rings is 1. The number of nitrogens with zero attached hydrogens (tertiary/aromatic N) is 1. The van der Waals surface area contributed by atoms with Gasteiger partial charge in [0.1, 0.15) is 0 Å². The van der Waals surface area contributed by atoms with Crippen molar-refractivity contribution in [3.8, 4) is 5.75 Å². The van der Waals surface area contributed by atoms with Crippen LogP contribution < -0.4 is 10.1 Å². The lowest BCUT2D eigenvalue weighted by Crippen LogP contribution is -2.26. The smallest absolute Gasteiger partial charge is 0.404 e. The summed E-state index contributed by atoms with van der Waals surface area (Å²) >= 11 is 3.14. The molecule has 0 amide bonds. The molecule has 1 fully saturated rings. The molecule has 0 atom stereocenters. The molecule has 0 bridgehead atoms. The monoisotopic (exact) mass is 352 g/mol. The van der Waals surface area contributed by atoms with Gasteiger partial charge < -0.3 is 15.0 Å². The molecule has 1 aliphatic heterocycles. The molecule has 0 radical (unpaired) electrons. The van der Waals surface area contributed by atoms with Crippen LogP contribution in [0.1, 0.15) is 12.8 Å². The van der Waals surface area contributed by atoms with Gasteiger partial charge in [-0.1, -0.05) is 15.9 Å². The van der Waals surface area contributed by atoms with Crippen LogP contribution in [-0.2, 0) is 0 Å². The average Bonchev–Trinajstić information content (AvgIpc) is 2.83. The molecule has 1 aliphatic rings. The summed E-state index contributed by atoms with van der Waals surface area (Å²) in [6.45, 7) is 3.54. The topological polar surface area (TPSA) is 24.5 Å². The van der Waals surface area contributed by atoms with Crippen LogP contribution in [0.5, 0.6) is 5.75 Å². The van der Waals surface area contributed by atoms with Crippen LogP contribution in [0.15, 0.2) is 22.7 Å². The highest BCUT2D eigenvalue weighted by atomic mass is 79.9. The second kappa shape index (κ2) is 6.67. The molecular weight excluding hydrogens is 337 g/mol. The third kappa shape index (κ3) is 4.86. The van der Waals surface area contributed by atoms with Gasteiger partial charge in [0.2, 0.25) is 0 Å². The van der Waals surface area contributed by atoms with Crippen LogP contribution in [0.4, 0.5) is 18.9 Å². The van der Waals surface area contributed by atoms with Crippen LogP contribution in [0, 0.1) is 0 Å². The van der Waals surface area contributed by atoms with Crippen LogP contribution in [0.2, 0.25) is 0 Å². The van der Waals surface area contributed by atoms with Crippen molar-refractivity contribution in [2.45, 2.75) is 19.2 Å². The van der Waals surface area contributed by atoms with Gasteiger partial charge in [0, 0.05) is 17.6 Å². The van der Waals surface area contributed by atoms with E-state index in [9.17, 15) is 13.2 Å². The molecule has 1 aromatic carbocycles. The third-order valence-corrected chi connectivity index (χ3v) is 3.60. The number of nitrogens with one attached hydrogen (secondary N) is 1. The predicted molar refractivity (Wildman–Crippen MR) is 75.0 cm³/mol. The van der Waals surface area contributed by atoms with Gasteiger partial charge in [-0.15, -0.1) is 13.2 Å². The largest absolute Gasteiger partial charge is 0.573 e. The average molecular weight is 353 g/mol. The summed E-state index contributed by atoms with van der Waals surface area (Å²) in [5, 5.41) is 3.00. The first-order valence-electron chi connectivity index (χ1n) is 6.45.